The molecule has 0 spiro atoms. The van der Waals surface area contributed by atoms with Gasteiger partial charge in [-0.1, -0.05) is 35.5 Å². The zero-order valence-electron chi connectivity index (χ0n) is 12.9. The molecule has 1 unspecified atom stereocenters. The maximum absolute atomic E-state index is 13.6. The van der Waals surface area contributed by atoms with Gasteiger partial charge in [-0.3, -0.25) is 0 Å². The summed E-state index contributed by atoms with van der Waals surface area (Å²) >= 11 is 0. The molecule has 24 heavy (non-hydrogen) atoms. The van der Waals surface area contributed by atoms with Crippen molar-refractivity contribution < 1.29 is 18.8 Å². The lowest BCUT2D eigenvalue weighted by Crippen LogP contribution is -2.13. The number of hydrogen-bond donors (Lipinski definition) is 2. The minimum atomic E-state index is -1.03. The lowest BCUT2D eigenvalue weighted by Gasteiger charge is -2.11. The summed E-state index contributed by atoms with van der Waals surface area (Å²) in [6.45, 7) is 0.0423. The Morgan fingerprint density at radius 1 is 1.25 bits per heavy atom. The van der Waals surface area contributed by atoms with Crippen LogP contribution < -0.4 is 10.1 Å². The van der Waals surface area contributed by atoms with Crippen molar-refractivity contribution in [3.63, 3.8) is 0 Å². The lowest BCUT2D eigenvalue weighted by atomic mass is 10.1. The van der Waals surface area contributed by atoms with Crippen molar-refractivity contribution >= 4 is 6.01 Å². The highest BCUT2D eigenvalue weighted by atomic mass is 19.1. The number of ether oxygens (including phenoxy) is 1. The van der Waals surface area contributed by atoms with Gasteiger partial charge >= 0.3 is 6.01 Å². The van der Waals surface area contributed by atoms with E-state index < -0.39 is 11.9 Å². The third kappa shape index (κ3) is 3.52. The van der Waals surface area contributed by atoms with E-state index in [4.69, 9.17) is 9.26 Å². The molecule has 124 valence electrons. The number of anilines is 1. The van der Waals surface area contributed by atoms with Crippen LogP contribution in [-0.4, -0.2) is 28.9 Å². The summed E-state index contributed by atoms with van der Waals surface area (Å²) in [5.74, 6) is 0.605. The number of nitrogens with one attached hydrogen (secondary N) is 1. The van der Waals surface area contributed by atoms with Gasteiger partial charge in [0.15, 0.2) is 0 Å². The Labute approximate surface area is 137 Å². The number of nitrogens with zero attached hydrogens (tertiary/aromatic N) is 2. The van der Waals surface area contributed by atoms with Crippen LogP contribution in [0.15, 0.2) is 53.1 Å². The first-order chi connectivity index (χ1) is 11.7. The van der Waals surface area contributed by atoms with E-state index in [9.17, 15) is 9.50 Å². The molecule has 0 saturated heterocycles. The number of aliphatic hydroxyl groups is 1. The fourth-order valence-corrected chi connectivity index (χ4v) is 2.21. The van der Waals surface area contributed by atoms with E-state index in [1.165, 1.54) is 12.1 Å². The number of aromatic nitrogens is 2. The van der Waals surface area contributed by atoms with Crippen LogP contribution in [0.2, 0.25) is 0 Å². The third-order valence-electron chi connectivity index (χ3n) is 3.46. The van der Waals surface area contributed by atoms with E-state index in [1.54, 1.807) is 25.3 Å². The zero-order valence-corrected chi connectivity index (χ0v) is 12.9. The molecule has 1 atom stereocenters. The summed E-state index contributed by atoms with van der Waals surface area (Å²) in [5.41, 5.74) is 0.943. The van der Waals surface area contributed by atoms with E-state index in [0.29, 0.717) is 11.6 Å². The number of benzene rings is 2. The Hall–Kier alpha value is -2.93. The molecule has 3 aromatic rings. The highest BCUT2D eigenvalue weighted by Gasteiger charge is 2.14. The van der Waals surface area contributed by atoms with Crippen LogP contribution in [0.3, 0.4) is 0 Å². The van der Waals surface area contributed by atoms with Crippen LogP contribution in [-0.2, 0) is 0 Å². The normalized spacial score (nSPS) is 12.0. The first-order valence-corrected chi connectivity index (χ1v) is 7.32. The highest BCUT2D eigenvalue weighted by molar-refractivity contribution is 5.57. The quantitative estimate of drug-likeness (QED) is 0.723. The van der Waals surface area contributed by atoms with Gasteiger partial charge in [0.05, 0.1) is 13.2 Å². The van der Waals surface area contributed by atoms with E-state index in [0.717, 1.165) is 5.56 Å². The molecular weight excluding hydrogens is 313 g/mol. The molecule has 1 aromatic heterocycles. The Bertz CT molecular complexity index is 822. The predicted octanol–water partition coefficient (Wildman–Crippen LogP) is 3.03. The molecule has 6 nitrogen and oxygen atoms in total. The summed E-state index contributed by atoms with van der Waals surface area (Å²) in [5, 5.41) is 16.7. The highest BCUT2D eigenvalue weighted by Crippen LogP contribution is 2.23. The molecule has 2 aromatic carbocycles. The fraction of sp³-hybridized carbons (Fsp3) is 0.176. The van der Waals surface area contributed by atoms with Crippen molar-refractivity contribution in [1.29, 1.82) is 0 Å². The Morgan fingerprint density at radius 3 is 2.88 bits per heavy atom. The number of aliphatic hydroxyl groups excluding tert-OH is 1. The van der Waals surface area contributed by atoms with E-state index in [2.05, 4.69) is 15.5 Å². The number of hydrogen-bond acceptors (Lipinski definition) is 6. The van der Waals surface area contributed by atoms with Crippen molar-refractivity contribution in [3.8, 4) is 17.1 Å². The second-order valence-electron chi connectivity index (χ2n) is 5.07. The molecule has 0 aliphatic carbocycles. The molecular formula is C17H16FN3O3. The molecule has 0 aliphatic heterocycles. The lowest BCUT2D eigenvalue weighted by molar-refractivity contribution is 0.185. The standard InChI is InChI=1S/C17H16FN3O3/c1-23-12-6-4-5-11(9-12)16-20-17(24-21-16)19-10-15(22)13-7-2-3-8-14(13)18/h2-9,15,22H,10H2,1H3,(H,19,20,21). The molecule has 3 rings (SSSR count). The molecule has 2 N–H and O–H groups in total. The molecule has 0 aliphatic rings. The number of rotatable bonds is 6. The van der Waals surface area contributed by atoms with Gasteiger partial charge in [0.1, 0.15) is 11.6 Å². The second kappa shape index (κ2) is 7.10. The summed E-state index contributed by atoms with van der Waals surface area (Å²) in [4.78, 5) is 4.19. The number of methoxy groups -OCH3 is 1. The SMILES string of the molecule is COc1cccc(-c2noc(NCC(O)c3ccccc3F)n2)c1. The van der Waals surface area contributed by atoms with Gasteiger partial charge in [0.25, 0.3) is 0 Å². The largest absolute Gasteiger partial charge is 0.497 e. The predicted molar refractivity (Wildman–Crippen MR) is 86.1 cm³/mol. The van der Waals surface area contributed by atoms with Crippen molar-refractivity contribution in [2.45, 2.75) is 6.10 Å². The molecule has 0 radical (unpaired) electrons. The molecule has 0 saturated carbocycles. The summed E-state index contributed by atoms with van der Waals surface area (Å²) in [6, 6.07) is 13.4. The van der Waals surface area contributed by atoms with Gasteiger partial charge < -0.3 is 19.7 Å². The fourth-order valence-electron chi connectivity index (χ4n) is 2.21. The molecule has 1 heterocycles. The smallest absolute Gasteiger partial charge is 0.321 e. The molecule has 0 bridgehead atoms. The van der Waals surface area contributed by atoms with Crippen LogP contribution in [0.1, 0.15) is 11.7 Å². The van der Waals surface area contributed by atoms with Gasteiger partial charge in [-0.15, -0.1) is 0 Å². The Balaban J connectivity index is 1.67. The van der Waals surface area contributed by atoms with Crippen molar-refractivity contribution in [3.05, 3.63) is 59.9 Å². The van der Waals surface area contributed by atoms with Gasteiger partial charge in [0, 0.05) is 17.7 Å². The molecule has 0 amide bonds. The Kier molecular flexibility index (Phi) is 4.72. The average Bonchev–Trinajstić information content (AvgIpc) is 3.09. The second-order valence-corrected chi connectivity index (χ2v) is 5.07. The van der Waals surface area contributed by atoms with E-state index >= 15 is 0 Å². The summed E-state index contributed by atoms with van der Waals surface area (Å²) in [6.07, 6.45) is -1.03. The zero-order chi connectivity index (χ0) is 16.9. The molecule has 7 heteroatoms. The van der Waals surface area contributed by atoms with Crippen LogP contribution >= 0.6 is 0 Å². The van der Waals surface area contributed by atoms with Crippen LogP contribution in [0.4, 0.5) is 10.4 Å². The average molecular weight is 329 g/mol. The van der Waals surface area contributed by atoms with Crippen molar-refractivity contribution in [2.24, 2.45) is 0 Å². The van der Waals surface area contributed by atoms with Crippen LogP contribution in [0, 0.1) is 5.82 Å². The first kappa shape index (κ1) is 15.9. The first-order valence-electron chi connectivity index (χ1n) is 7.32. The topological polar surface area (TPSA) is 80.4 Å². The van der Waals surface area contributed by atoms with Gasteiger partial charge in [-0.05, 0) is 18.2 Å². The minimum absolute atomic E-state index is 0.0423. The summed E-state index contributed by atoms with van der Waals surface area (Å²) < 4.78 is 23.9. The van der Waals surface area contributed by atoms with Gasteiger partial charge in [-0.2, -0.15) is 4.98 Å². The van der Waals surface area contributed by atoms with Crippen molar-refractivity contribution in [1.82, 2.24) is 10.1 Å². The monoisotopic (exact) mass is 329 g/mol. The van der Waals surface area contributed by atoms with Crippen LogP contribution in [0.25, 0.3) is 11.4 Å². The maximum atomic E-state index is 13.6. The van der Waals surface area contributed by atoms with E-state index in [1.807, 2.05) is 18.2 Å². The van der Waals surface area contributed by atoms with Crippen molar-refractivity contribution in [2.75, 3.05) is 19.0 Å². The van der Waals surface area contributed by atoms with Gasteiger partial charge in [-0.25, -0.2) is 4.39 Å². The number of halogens is 1. The summed E-state index contributed by atoms with van der Waals surface area (Å²) in [7, 11) is 1.58. The molecule has 0 fully saturated rings. The minimum Gasteiger partial charge on any atom is -0.497 e. The van der Waals surface area contributed by atoms with Crippen LogP contribution in [0.5, 0.6) is 5.75 Å². The maximum Gasteiger partial charge on any atom is 0.321 e. The Morgan fingerprint density at radius 2 is 2.08 bits per heavy atom. The van der Waals surface area contributed by atoms with E-state index in [-0.39, 0.29) is 18.1 Å². The third-order valence-corrected chi connectivity index (χ3v) is 3.46. The van der Waals surface area contributed by atoms with Gasteiger partial charge in [0.2, 0.25) is 5.82 Å².